The Morgan fingerprint density at radius 3 is 2.67 bits per heavy atom. The molecule has 1 aliphatic rings. The molecule has 2 aromatic rings. The van der Waals surface area contributed by atoms with Crippen LogP contribution in [0.4, 0.5) is 0 Å². The summed E-state index contributed by atoms with van der Waals surface area (Å²) < 4.78 is 1.82. The number of fused-ring (bicyclic) bond motifs is 1. The zero-order valence-corrected chi connectivity index (χ0v) is 14.5. The Morgan fingerprint density at radius 2 is 2.00 bits per heavy atom. The highest BCUT2D eigenvalue weighted by atomic mass is 16.2. The van der Waals surface area contributed by atoms with Crippen LogP contribution in [0.25, 0.3) is 0 Å². The van der Waals surface area contributed by atoms with Gasteiger partial charge in [0.2, 0.25) is 5.91 Å². The lowest BCUT2D eigenvalue weighted by molar-refractivity contribution is -0.123. The van der Waals surface area contributed by atoms with Gasteiger partial charge in [-0.3, -0.25) is 14.3 Å². The van der Waals surface area contributed by atoms with Crippen LogP contribution in [0.5, 0.6) is 0 Å². The van der Waals surface area contributed by atoms with Crippen molar-refractivity contribution in [2.24, 2.45) is 7.05 Å². The number of likely N-dealkylation sites (N-methyl/N-ethyl adjacent to an activating group) is 1. The minimum atomic E-state index is -0.346. The van der Waals surface area contributed by atoms with Gasteiger partial charge in [0.05, 0.1) is 11.6 Å². The maximum atomic E-state index is 12.7. The topological polar surface area (TPSA) is 67.2 Å². The Bertz CT molecular complexity index is 809. The lowest BCUT2D eigenvalue weighted by Gasteiger charge is -2.31. The number of benzene rings is 1. The van der Waals surface area contributed by atoms with Crippen molar-refractivity contribution in [2.75, 3.05) is 13.6 Å². The van der Waals surface area contributed by atoms with Crippen molar-refractivity contribution < 1.29 is 9.59 Å². The van der Waals surface area contributed by atoms with E-state index in [9.17, 15) is 9.59 Å². The average Bonchev–Trinajstić information content (AvgIpc) is 2.81. The van der Waals surface area contributed by atoms with Crippen molar-refractivity contribution in [1.82, 2.24) is 20.0 Å². The molecule has 1 atom stereocenters. The minimum absolute atomic E-state index is 0.0337. The number of rotatable bonds is 3. The zero-order valence-electron chi connectivity index (χ0n) is 14.5. The standard InChI is InChI=1S/C18H22N4O2/c1-11-15(12(2)22(4)20-11)9-19-17(23)16-10-21(3)18(24)14-8-6-5-7-13(14)16/h5-8,16H,9-10H2,1-4H3,(H,19,23). The normalized spacial score (nSPS) is 16.9. The van der Waals surface area contributed by atoms with Crippen LogP contribution in [0.2, 0.25) is 0 Å². The summed E-state index contributed by atoms with van der Waals surface area (Å²) in [6, 6.07) is 7.34. The smallest absolute Gasteiger partial charge is 0.253 e. The van der Waals surface area contributed by atoms with E-state index in [0.29, 0.717) is 18.7 Å². The molecule has 0 aliphatic carbocycles. The number of hydrogen-bond donors (Lipinski definition) is 1. The number of carbonyl (C=O) groups excluding carboxylic acids is 2. The van der Waals surface area contributed by atoms with E-state index >= 15 is 0 Å². The first-order valence-electron chi connectivity index (χ1n) is 8.01. The van der Waals surface area contributed by atoms with Gasteiger partial charge in [0.1, 0.15) is 0 Å². The molecule has 0 saturated carbocycles. The van der Waals surface area contributed by atoms with Crippen LogP contribution in [0.1, 0.15) is 38.8 Å². The Morgan fingerprint density at radius 1 is 1.29 bits per heavy atom. The number of hydrogen-bond acceptors (Lipinski definition) is 3. The number of aryl methyl sites for hydroxylation is 2. The number of nitrogens with one attached hydrogen (secondary N) is 1. The van der Waals surface area contributed by atoms with Gasteiger partial charge in [-0.15, -0.1) is 0 Å². The van der Waals surface area contributed by atoms with Crippen LogP contribution >= 0.6 is 0 Å². The van der Waals surface area contributed by atoms with Gasteiger partial charge in [-0.1, -0.05) is 18.2 Å². The number of carbonyl (C=O) groups is 2. The zero-order chi connectivity index (χ0) is 17.4. The second kappa shape index (κ2) is 6.11. The fourth-order valence-corrected chi connectivity index (χ4v) is 3.25. The molecule has 1 aliphatic heterocycles. The number of nitrogens with zero attached hydrogens (tertiary/aromatic N) is 3. The van der Waals surface area contributed by atoms with Crippen LogP contribution in [0, 0.1) is 13.8 Å². The molecule has 0 spiro atoms. The van der Waals surface area contributed by atoms with Crippen molar-refractivity contribution in [2.45, 2.75) is 26.3 Å². The summed E-state index contributed by atoms with van der Waals surface area (Å²) in [5.74, 6) is -0.445. The Kier molecular flexibility index (Phi) is 4.13. The van der Waals surface area contributed by atoms with Gasteiger partial charge in [0, 0.05) is 44.0 Å². The molecule has 1 N–H and O–H groups in total. The quantitative estimate of drug-likeness (QED) is 0.930. The van der Waals surface area contributed by atoms with Gasteiger partial charge >= 0.3 is 0 Å². The predicted molar refractivity (Wildman–Crippen MR) is 90.7 cm³/mol. The van der Waals surface area contributed by atoms with Crippen molar-refractivity contribution in [3.8, 4) is 0 Å². The molecule has 2 amide bonds. The van der Waals surface area contributed by atoms with Crippen LogP contribution in [0.3, 0.4) is 0 Å². The van der Waals surface area contributed by atoms with E-state index in [2.05, 4.69) is 10.4 Å². The largest absolute Gasteiger partial charge is 0.351 e. The van der Waals surface area contributed by atoms with Crippen LogP contribution in [0.15, 0.2) is 24.3 Å². The molecule has 1 aromatic carbocycles. The Balaban J connectivity index is 1.80. The minimum Gasteiger partial charge on any atom is -0.351 e. The molecular weight excluding hydrogens is 304 g/mol. The predicted octanol–water partition coefficient (Wildman–Crippen LogP) is 1.52. The fraction of sp³-hybridized carbons (Fsp3) is 0.389. The lowest BCUT2D eigenvalue weighted by Crippen LogP contribution is -2.43. The van der Waals surface area contributed by atoms with Crippen LogP contribution < -0.4 is 5.32 Å². The van der Waals surface area contributed by atoms with Crippen molar-refractivity contribution in [3.63, 3.8) is 0 Å². The molecular formula is C18H22N4O2. The van der Waals surface area contributed by atoms with Crippen LogP contribution in [-0.2, 0) is 18.4 Å². The molecule has 1 unspecified atom stereocenters. The molecule has 2 heterocycles. The van der Waals surface area contributed by atoms with Gasteiger partial charge in [-0.05, 0) is 25.5 Å². The second-order valence-corrected chi connectivity index (χ2v) is 6.32. The average molecular weight is 326 g/mol. The molecule has 6 heteroatoms. The van der Waals surface area contributed by atoms with E-state index in [0.717, 1.165) is 22.5 Å². The second-order valence-electron chi connectivity index (χ2n) is 6.32. The summed E-state index contributed by atoms with van der Waals surface area (Å²) in [5.41, 5.74) is 4.42. The molecule has 0 fully saturated rings. The molecule has 0 bridgehead atoms. The van der Waals surface area contributed by atoms with Gasteiger partial charge in [-0.2, -0.15) is 5.10 Å². The SMILES string of the molecule is Cc1nn(C)c(C)c1CNC(=O)C1CN(C)C(=O)c2ccccc21. The Labute approximate surface area is 141 Å². The summed E-state index contributed by atoms with van der Waals surface area (Å²) >= 11 is 0. The molecule has 1 aromatic heterocycles. The molecule has 0 saturated heterocycles. The monoisotopic (exact) mass is 326 g/mol. The van der Waals surface area contributed by atoms with Gasteiger partial charge in [0.15, 0.2) is 0 Å². The summed E-state index contributed by atoms with van der Waals surface area (Å²) in [7, 11) is 3.62. The summed E-state index contributed by atoms with van der Waals surface area (Å²) in [6.07, 6.45) is 0. The Hall–Kier alpha value is -2.63. The molecule has 126 valence electrons. The van der Waals surface area contributed by atoms with Crippen molar-refractivity contribution >= 4 is 11.8 Å². The summed E-state index contributed by atoms with van der Waals surface area (Å²) in [4.78, 5) is 26.6. The molecule has 3 rings (SSSR count). The van der Waals surface area contributed by atoms with Crippen LogP contribution in [-0.4, -0.2) is 40.1 Å². The number of aromatic nitrogens is 2. The van der Waals surface area contributed by atoms with Gasteiger partial charge in [0.25, 0.3) is 5.91 Å². The molecule has 6 nitrogen and oxygen atoms in total. The fourth-order valence-electron chi connectivity index (χ4n) is 3.25. The first-order valence-corrected chi connectivity index (χ1v) is 8.01. The lowest BCUT2D eigenvalue weighted by atomic mass is 9.89. The van der Waals surface area contributed by atoms with E-state index in [-0.39, 0.29) is 17.7 Å². The third-order valence-corrected chi connectivity index (χ3v) is 4.78. The highest BCUT2D eigenvalue weighted by molar-refractivity contribution is 6.00. The molecule has 24 heavy (non-hydrogen) atoms. The highest BCUT2D eigenvalue weighted by Crippen LogP contribution is 2.27. The van der Waals surface area contributed by atoms with Gasteiger partial charge in [-0.25, -0.2) is 0 Å². The van der Waals surface area contributed by atoms with E-state index in [1.54, 1.807) is 18.0 Å². The van der Waals surface area contributed by atoms with Gasteiger partial charge < -0.3 is 10.2 Å². The third-order valence-electron chi connectivity index (χ3n) is 4.78. The van der Waals surface area contributed by atoms with E-state index in [1.165, 1.54) is 0 Å². The molecule has 0 radical (unpaired) electrons. The first kappa shape index (κ1) is 16.2. The maximum Gasteiger partial charge on any atom is 0.253 e. The summed E-state index contributed by atoms with van der Waals surface area (Å²) in [6.45, 7) is 4.77. The third kappa shape index (κ3) is 2.68. The summed E-state index contributed by atoms with van der Waals surface area (Å²) in [5, 5.41) is 7.38. The van der Waals surface area contributed by atoms with E-state index in [4.69, 9.17) is 0 Å². The maximum absolute atomic E-state index is 12.7. The van der Waals surface area contributed by atoms with Crippen molar-refractivity contribution in [3.05, 3.63) is 52.3 Å². The van der Waals surface area contributed by atoms with E-state index < -0.39 is 0 Å². The van der Waals surface area contributed by atoms with Crippen molar-refractivity contribution in [1.29, 1.82) is 0 Å². The number of amides is 2. The highest BCUT2D eigenvalue weighted by Gasteiger charge is 2.33. The first-order chi connectivity index (χ1) is 11.4. The van der Waals surface area contributed by atoms with E-state index in [1.807, 2.05) is 43.8 Å².